The maximum atomic E-state index is 12.9. The summed E-state index contributed by atoms with van der Waals surface area (Å²) in [6.45, 7) is 7.65. The van der Waals surface area contributed by atoms with Gasteiger partial charge in [0.2, 0.25) is 11.8 Å². The van der Waals surface area contributed by atoms with Crippen molar-refractivity contribution in [3.8, 4) is 11.1 Å². The molecule has 218 valence electrons. The van der Waals surface area contributed by atoms with Crippen LogP contribution in [0.3, 0.4) is 0 Å². The Morgan fingerprint density at radius 2 is 1.46 bits per heavy atom. The summed E-state index contributed by atoms with van der Waals surface area (Å²) in [7, 11) is 0. The SMILES string of the molecule is CC(CNC(=O)c1cccc(-c2ccccc2)c1)NC(O)[C@H](CC(=O)NC(C)(C)C)NC(=O)CCc1ccccc1. The second-order valence-corrected chi connectivity index (χ2v) is 11.3. The molecule has 0 aliphatic rings. The maximum Gasteiger partial charge on any atom is 0.251 e. The first-order valence-corrected chi connectivity index (χ1v) is 14.0. The molecule has 0 aliphatic heterocycles. The molecule has 0 radical (unpaired) electrons. The molecule has 0 heterocycles. The van der Waals surface area contributed by atoms with Crippen LogP contribution in [0, 0.1) is 0 Å². The Labute approximate surface area is 242 Å². The van der Waals surface area contributed by atoms with Gasteiger partial charge in [-0.1, -0.05) is 72.8 Å². The number of nitrogens with one attached hydrogen (secondary N) is 4. The van der Waals surface area contributed by atoms with Crippen molar-refractivity contribution >= 4 is 17.7 Å². The van der Waals surface area contributed by atoms with E-state index >= 15 is 0 Å². The van der Waals surface area contributed by atoms with E-state index in [-0.39, 0.29) is 43.1 Å². The van der Waals surface area contributed by atoms with Gasteiger partial charge in [0.05, 0.1) is 12.5 Å². The highest BCUT2D eigenvalue weighted by atomic mass is 16.3. The Morgan fingerprint density at radius 3 is 2.12 bits per heavy atom. The highest BCUT2D eigenvalue weighted by Gasteiger charge is 2.27. The lowest BCUT2D eigenvalue weighted by atomic mass is 10.0. The summed E-state index contributed by atoms with van der Waals surface area (Å²) < 4.78 is 0. The number of aliphatic hydroxyl groups is 1. The Balaban J connectivity index is 1.57. The molecule has 3 atom stereocenters. The van der Waals surface area contributed by atoms with Crippen LogP contribution in [0.4, 0.5) is 0 Å². The van der Waals surface area contributed by atoms with E-state index in [0.717, 1.165) is 16.7 Å². The van der Waals surface area contributed by atoms with Crippen LogP contribution >= 0.6 is 0 Å². The van der Waals surface area contributed by atoms with Gasteiger partial charge >= 0.3 is 0 Å². The number of hydrogen-bond donors (Lipinski definition) is 5. The smallest absolute Gasteiger partial charge is 0.251 e. The van der Waals surface area contributed by atoms with Crippen molar-refractivity contribution in [3.05, 3.63) is 96.1 Å². The summed E-state index contributed by atoms with van der Waals surface area (Å²) in [6.07, 6.45) is -0.546. The number of rotatable bonds is 13. The van der Waals surface area contributed by atoms with Crippen LogP contribution in [0.5, 0.6) is 0 Å². The fraction of sp³-hybridized carbons (Fsp3) is 0.364. The van der Waals surface area contributed by atoms with Crippen molar-refractivity contribution in [3.63, 3.8) is 0 Å². The lowest BCUT2D eigenvalue weighted by Crippen LogP contribution is -2.56. The van der Waals surface area contributed by atoms with Crippen LogP contribution in [-0.2, 0) is 16.0 Å². The third kappa shape index (κ3) is 11.2. The van der Waals surface area contributed by atoms with Crippen molar-refractivity contribution in [1.29, 1.82) is 0 Å². The molecule has 41 heavy (non-hydrogen) atoms. The zero-order valence-corrected chi connectivity index (χ0v) is 24.3. The monoisotopic (exact) mass is 558 g/mol. The zero-order chi connectivity index (χ0) is 29.8. The molecule has 3 rings (SSSR count). The van der Waals surface area contributed by atoms with Crippen LogP contribution in [-0.4, -0.2) is 53.2 Å². The number of hydrogen-bond acceptors (Lipinski definition) is 5. The highest BCUT2D eigenvalue weighted by Crippen LogP contribution is 2.20. The quantitative estimate of drug-likeness (QED) is 0.205. The molecule has 0 fully saturated rings. The number of carbonyl (C=O) groups is 3. The third-order valence-electron chi connectivity index (χ3n) is 6.39. The molecule has 0 saturated heterocycles. The lowest BCUT2D eigenvalue weighted by Gasteiger charge is -2.29. The topological polar surface area (TPSA) is 120 Å². The Morgan fingerprint density at radius 1 is 0.829 bits per heavy atom. The van der Waals surface area contributed by atoms with Gasteiger partial charge in [0, 0.05) is 30.1 Å². The molecular weight excluding hydrogens is 516 g/mol. The van der Waals surface area contributed by atoms with Crippen LogP contribution < -0.4 is 21.3 Å². The van der Waals surface area contributed by atoms with Crippen molar-refractivity contribution in [2.75, 3.05) is 6.54 Å². The van der Waals surface area contributed by atoms with Gasteiger partial charge in [-0.3, -0.25) is 19.7 Å². The molecule has 2 unspecified atom stereocenters. The summed E-state index contributed by atoms with van der Waals surface area (Å²) in [5.41, 5.74) is 3.07. The third-order valence-corrected chi connectivity index (χ3v) is 6.39. The second kappa shape index (κ2) is 15.1. The molecule has 8 heteroatoms. The molecule has 0 saturated carbocycles. The fourth-order valence-electron chi connectivity index (χ4n) is 4.38. The molecule has 0 aliphatic carbocycles. The summed E-state index contributed by atoms with van der Waals surface area (Å²) in [5.74, 6) is -0.783. The standard InChI is InChI=1S/C33H42N4O4/c1-23(22-34-31(40)27-17-11-16-26(20-27)25-14-9-6-10-15-25)35-32(41)28(21-30(39)37-33(2,3)4)36-29(38)19-18-24-12-7-5-8-13-24/h5-17,20,23,28,32,35,41H,18-19,21-22H2,1-4H3,(H,34,40)(H,36,38)(H,37,39)/t23?,28-,32?/m0/s1. The summed E-state index contributed by atoms with van der Waals surface area (Å²) >= 11 is 0. The summed E-state index contributed by atoms with van der Waals surface area (Å²) in [6, 6.07) is 25.7. The van der Waals surface area contributed by atoms with Crippen molar-refractivity contribution in [1.82, 2.24) is 21.3 Å². The first kappa shape index (κ1) is 31.5. The minimum absolute atomic E-state index is 0.103. The van der Waals surface area contributed by atoms with Gasteiger partial charge in [-0.05, 0) is 62.9 Å². The normalized spacial score (nSPS) is 13.5. The number of aryl methyl sites for hydroxylation is 1. The first-order valence-electron chi connectivity index (χ1n) is 14.0. The van der Waals surface area contributed by atoms with E-state index in [1.165, 1.54) is 0 Å². The molecular formula is C33H42N4O4. The second-order valence-electron chi connectivity index (χ2n) is 11.3. The van der Waals surface area contributed by atoms with Crippen LogP contribution in [0.25, 0.3) is 11.1 Å². The Hall–Kier alpha value is -4.01. The molecule has 0 bridgehead atoms. The van der Waals surface area contributed by atoms with E-state index < -0.39 is 17.8 Å². The number of carbonyl (C=O) groups excluding carboxylic acids is 3. The average Bonchev–Trinajstić information content (AvgIpc) is 2.94. The Bertz CT molecular complexity index is 1280. The number of amides is 3. The zero-order valence-electron chi connectivity index (χ0n) is 24.3. The average molecular weight is 559 g/mol. The van der Waals surface area contributed by atoms with Crippen molar-refractivity contribution < 1.29 is 19.5 Å². The molecule has 0 spiro atoms. The van der Waals surface area contributed by atoms with Crippen molar-refractivity contribution in [2.45, 2.75) is 70.8 Å². The predicted octanol–water partition coefficient (Wildman–Crippen LogP) is 3.80. The first-order chi connectivity index (χ1) is 19.5. The maximum absolute atomic E-state index is 12.9. The van der Waals surface area contributed by atoms with Crippen LogP contribution in [0.1, 0.15) is 56.5 Å². The lowest BCUT2D eigenvalue weighted by molar-refractivity contribution is -0.126. The molecule has 3 aromatic carbocycles. The highest BCUT2D eigenvalue weighted by molar-refractivity contribution is 5.95. The van der Waals surface area contributed by atoms with Gasteiger partial charge in [-0.15, -0.1) is 0 Å². The van der Waals surface area contributed by atoms with Gasteiger partial charge < -0.3 is 21.1 Å². The van der Waals surface area contributed by atoms with E-state index in [4.69, 9.17) is 0 Å². The van der Waals surface area contributed by atoms with E-state index in [1.54, 1.807) is 6.07 Å². The van der Waals surface area contributed by atoms with E-state index in [2.05, 4.69) is 21.3 Å². The predicted molar refractivity (Wildman–Crippen MR) is 162 cm³/mol. The van der Waals surface area contributed by atoms with E-state index in [9.17, 15) is 19.5 Å². The number of benzene rings is 3. The van der Waals surface area contributed by atoms with Crippen LogP contribution in [0.2, 0.25) is 0 Å². The molecule has 5 N–H and O–H groups in total. The minimum Gasteiger partial charge on any atom is -0.376 e. The van der Waals surface area contributed by atoms with E-state index in [0.29, 0.717) is 12.0 Å². The van der Waals surface area contributed by atoms with Gasteiger partial charge in [0.15, 0.2) is 0 Å². The summed E-state index contributed by atoms with van der Waals surface area (Å²) in [5, 5.41) is 22.6. The molecule has 3 amide bonds. The van der Waals surface area contributed by atoms with Gasteiger partial charge in [-0.25, -0.2) is 0 Å². The van der Waals surface area contributed by atoms with Crippen LogP contribution in [0.15, 0.2) is 84.9 Å². The summed E-state index contributed by atoms with van der Waals surface area (Å²) in [4.78, 5) is 38.3. The molecule has 8 nitrogen and oxygen atoms in total. The largest absolute Gasteiger partial charge is 0.376 e. The minimum atomic E-state index is -1.21. The van der Waals surface area contributed by atoms with Gasteiger partial charge in [0.25, 0.3) is 5.91 Å². The van der Waals surface area contributed by atoms with Gasteiger partial charge in [-0.2, -0.15) is 0 Å². The van der Waals surface area contributed by atoms with Crippen molar-refractivity contribution in [2.24, 2.45) is 0 Å². The number of aliphatic hydroxyl groups excluding tert-OH is 1. The molecule has 0 aromatic heterocycles. The fourth-order valence-corrected chi connectivity index (χ4v) is 4.38. The Kier molecular flexibility index (Phi) is 11.6. The van der Waals surface area contributed by atoms with Gasteiger partial charge in [0.1, 0.15) is 6.23 Å². The van der Waals surface area contributed by atoms with E-state index in [1.807, 2.05) is 107 Å². The molecule has 3 aromatic rings.